The van der Waals surface area contributed by atoms with Gasteiger partial charge in [-0.15, -0.1) is 0 Å². The molecule has 1 aliphatic rings. The minimum Gasteiger partial charge on any atom is -0.310 e. The Hall–Kier alpha value is -6.70. The van der Waals surface area contributed by atoms with Gasteiger partial charge in [0.05, 0.1) is 0 Å². The second kappa shape index (κ2) is 12.8. The highest BCUT2D eigenvalue weighted by atomic mass is 15.1. The molecule has 1 nitrogen and oxygen atoms in total. The van der Waals surface area contributed by atoms with Gasteiger partial charge in [-0.3, -0.25) is 0 Å². The molecular formula is C53H39N. The molecule has 0 atom stereocenters. The fraction of sp³-hybridized carbons (Fsp3) is 0.0566. The minimum absolute atomic E-state index is 0.0976. The first kappa shape index (κ1) is 32.0. The summed E-state index contributed by atoms with van der Waals surface area (Å²) in [5, 5.41) is 5.08. The molecule has 0 spiro atoms. The lowest BCUT2D eigenvalue weighted by molar-refractivity contribution is 0.660. The average Bonchev–Trinajstić information content (AvgIpc) is 3.47. The standard InChI is InChI=1S/C53H39N/c1-53(2)49-24-14-13-21-45(49)46-34-33-42(35-50(46)53)54(40-29-25-37(26-30-40)36-15-5-3-6-16-36)41-31-27-39(28-32-41)52-48-23-12-10-20-44(48)43-19-9-11-22-47(43)51(52)38-17-7-4-8-18-38/h3-35H,1-2H3. The minimum atomic E-state index is -0.0976. The van der Waals surface area contributed by atoms with Crippen LogP contribution in [0.25, 0.3) is 66.1 Å². The van der Waals surface area contributed by atoms with Crippen molar-refractivity contribution < 1.29 is 0 Å². The molecular weight excluding hydrogens is 651 g/mol. The van der Waals surface area contributed by atoms with Crippen molar-refractivity contribution >= 4 is 38.6 Å². The van der Waals surface area contributed by atoms with Crippen LogP contribution in [0.1, 0.15) is 25.0 Å². The second-order valence-corrected chi connectivity index (χ2v) is 14.9. The number of hydrogen-bond acceptors (Lipinski definition) is 1. The first-order valence-corrected chi connectivity index (χ1v) is 18.9. The van der Waals surface area contributed by atoms with E-state index in [-0.39, 0.29) is 5.41 Å². The summed E-state index contributed by atoms with van der Waals surface area (Å²) in [6.07, 6.45) is 0. The number of anilines is 3. The smallest absolute Gasteiger partial charge is 0.0465 e. The van der Waals surface area contributed by atoms with Crippen molar-refractivity contribution in [3.63, 3.8) is 0 Å². The van der Waals surface area contributed by atoms with Crippen LogP contribution in [0.3, 0.4) is 0 Å². The van der Waals surface area contributed by atoms with E-state index >= 15 is 0 Å². The van der Waals surface area contributed by atoms with Gasteiger partial charge in [-0.2, -0.15) is 0 Å². The number of nitrogens with zero attached hydrogens (tertiary/aromatic N) is 1. The molecule has 0 N–H and O–H groups in total. The Balaban J connectivity index is 1.15. The third-order valence-corrected chi connectivity index (χ3v) is 11.5. The molecule has 0 aromatic heterocycles. The van der Waals surface area contributed by atoms with Crippen molar-refractivity contribution in [3.8, 4) is 44.5 Å². The first-order valence-electron chi connectivity index (χ1n) is 18.9. The fourth-order valence-electron chi connectivity index (χ4n) is 8.84. The van der Waals surface area contributed by atoms with Gasteiger partial charge in [0.2, 0.25) is 0 Å². The van der Waals surface area contributed by atoms with Crippen molar-refractivity contribution in [1.29, 1.82) is 0 Å². The Bertz CT molecular complexity index is 2810. The summed E-state index contributed by atoms with van der Waals surface area (Å²) in [6.45, 7) is 4.71. The lowest BCUT2D eigenvalue weighted by atomic mass is 9.82. The molecule has 256 valence electrons. The quantitative estimate of drug-likeness (QED) is 0.157. The van der Waals surface area contributed by atoms with E-state index in [1.165, 1.54) is 77.2 Å². The van der Waals surface area contributed by atoms with Gasteiger partial charge < -0.3 is 4.90 Å². The summed E-state index contributed by atoms with van der Waals surface area (Å²) in [5.41, 5.74) is 16.1. The Kier molecular flexibility index (Phi) is 7.56. The summed E-state index contributed by atoms with van der Waals surface area (Å²) in [7, 11) is 0. The monoisotopic (exact) mass is 689 g/mol. The third kappa shape index (κ3) is 5.16. The van der Waals surface area contributed by atoms with Gasteiger partial charge in [0.25, 0.3) is 0 Å². The van der Waals surface area contributed by atoms with Gasteiger partial charge in [0.1, 0.15) is 0 Å². The number of benzene rings is 9. The van der Waals surface area contributed by atoms with Crippen LogP contribution in [0.4, 0.5) is 17.1 Å². The summed E-state index contributed by atoms with van der Waals surface area (Å²) in [5.74, 6) is 0. The zero-order valence-electron chi connectivity index (χ0n) is 30.5. The Morgan fingerprint density at radius 1 is 0.315 bits per heavy atom. The molecule has 1 heteroatoms. The molecule has 9 aromatic carbocycles. The van der Waals surface area contributed by atoms with Gasteiger partial charge >= 0.3 is 0 Å². The van der Waals surface area contributed by atoms with Gasteiger partial charge in [-0.05, 0) is 114 Å². The van der Waals surface area contributed by atoms with Crippen molar-refractivity contribution in [3.05, 3.63) is 211 Å². The van der Waals surface area contributed by atoms with Gasteiger partial charge in [0.15, 0.2) is 0 Å². The maximum Gasteiger partial charge on any atom is 0.0465 e. The van der Waals surface area contributed by atoms with E-state index < -0.39 is 0 Å². The molecule has 54 heavy (non-hydrogen) atoms. The van der Waals surface area contributed by atoms with Gasteiger partial charge in [-0.25, -0.2) is 0 Å². The highest BCUT2D eigenvalue weighted by molar-refractivity contribution is 6.21. The van der Waals surface area contributed by atoms with E-state index in [2.05, 4.69) is 219 Å². The topological polar surface area (TPSA) is 3.24 Å². The van der Waals surface area contributed by atoms with Crippen LogP contribution < -0.4 is 4.90 Å². The van der Waals surface area contributed by atoms with Crippen LogP contribution in [0.2, 0.25) is 0 Å². The summed E-state index contributed by atoms with van der Waals surface area (Å²) in [4.78, 5) is 2.41. The second-order valence-electron chi connectivity index (χ2n) is 14.9. The molecule has 0 unspecified atom stereocenters. The summed E-state index contributed by atoms with van der Waals surface area (Å²) in [6, 6.07) is 73.3. The highest BCUT2D eigenvalue weighted by Crippen LogP contribution is 2.51. The molecule has 0 saturated carbocycles. The molecule has 0 amide bonds. The zero-order chi connectivity index (χ0) is 36.2. The SMILES string of the molecule is CC1(C)c2ccccc2-c2ccc(N(c3ccc(-c4ccccc4)cc3)c3ccc(-c4c(-c5ccccc5)c5ccccc5c5ccccc45)cc3)cc21. The molecule has 0 saturated heterocycles. The highest BCUT2D eigenvalue weighted by Gasteiger charge is 2.35. The van der Waals surface area contributed by atoms with Crippen LogP contribution in [0, 0.1) is 0 Å². The van der Waals surface area contributed by atoms with Crippen LogP contribution >= 0.6 is 0 Å². The van der Waals surface area contributed by atoms with Crippen LogP contribution in [0.15, 0.2) is 200 Å². The lowest BCUT2D eigenvalue weighted by Crippen LogP contribution is -2.16. The molecule has 0 bridgehead atoms. The van der Waals surface area contributed by atoms with Crippen LogP contribution in [-0.2, 0) is 5.41 Å². The van der Waals surface area contributed by atoms with Crippen molar-refractivity contribution in [2.75, 3.05) is 4.90 Å². The van der Waals surface area contributed by atoms with Gasteiger partial charge in [0, 0.05) is 22.5 Å². The molecule has 9 aromatic rings. The molecule has 0 aliphatic heterocycles. The largest absolute Gasteiger partial charge is 0.310 e. The Morgan fingerprint density at radius 3 is 1.31 bits per heavy atom. The van der Waals surface area contributed by atoms with Gasteiger partial charge in [-0.1, -0.05) is 178 Å². The number of fused-ring (bicyclic) bond motifs is 6. The number of rotatable bonds is 6. The van der Waals surface area contributed by atoms with E-state index in [1.54, 1.807) is 0 Å². The van der Waals surface area contributed by atoms with Crippen LogP contribution in [0.5, 0.6) is 0 Å². The Morgan fingerprint density at radius 2 is 0.722 bits per heavy atom. The van der Waals surface area contributed by atoms with Crippen molar-refractivity contribution in [1.82, 2.24) is 0 Å². The molecule has 10 rings (SSSR count). The first-order chi connectivity index (χ1) is 26.6. The third-order valence-electron chi connectivity index (χ3n) is 11.5. The lowest BCUT2D eigenvalue weighted by Gasteiger charge is -2.28. The zero-order valence-corrected chi connectivity index (χ0v) is 30.5. The van der Waals surface area contributed by atoms with E-state index in [0.29, 0.717) is 0 Å². The normalized spacial score (nSPS) is 12.8. The van der Waals surface area contributed by atoms with Crippen LogP contribution in [-0.4, -0.2) is 0 Å². The molecule has 0 heterocycles. The summed E-state index contributed by atoms with van der Waals surface area (Å²) >= 11 is 0. The molecule has 0 fully saturated rings. The van der Waals surface area contributed by atoms with Crippen molar-refractivity contribution in [2.24, 2.45) is 0 Å². The number of hydrogen-bond donors (Lipinski definition) is 0. The molecule has 0 radical (unpaired) electrons. The Labute approximate surface area is 317 Å². The maximum atomic E-state index is 2.42. The molecule has 1 aliphatic carbocycles. The predicted octanol–water partition coefficient (Wildman–Crippen LogP) is 14.8. The summed E-state index contributed by atoms with van der Waals surface area (Å²) < 4.78 is 0. The van der Waals surface area contributed by atoms with Crippen molar-refractivity contribution in [2.45, 2.75) is 19.3 Å². The van der Waals surface area contributed by atoms with E-state index in [9.17, 15) is 0 Å². The average molecular weight is 690 g/mol. The van der Waals surface area contributed by atoms with E-state index in [0.717, 1.165) is 17.1 Å². The predicted molar refractivity (Wildman–Crippen MR) is 230 cm³/mol. The van der Waals surface area contributed by atoms with E-state index in [1.807, 2.05) is 0 Å². The fourth-order valence-corrected chi connectivity index (χ4v) is 8.84. The van der Waals surface area contributed by atoms with E-state index in [4.69, 9.17) is 0 Å². The maximum absolute atomic E-state index is 2.42.